The van der Waals surface area contributed by atoms with E-state index in [9.17, 15) is 4.79 Å². The number of carbonyl (C=O) groups excluding carboxylic acids is 1. The van der Waals surface area contributed by atoms with Gasteiger partial charge in [-0.1, -0.05) is 23.2 Å². The monoisotopic (exact) mass is 611 g/mol. The van der Waals surface area contributed by atoms with Crippen LogP contribution in [0, 0.1) is 5.41 Å². The number of nitrogens with one attached hydrogen (secondary N) is 3. The van der Waals surface area contributed by atoms with Crippen molar-refractivity contribution in [3.8, 4) is 5.88 Å². The lowest BCUT2D eigenvalue weighted by Crippen LogP contribution is -2.44. The minimum Gasteiger partial charge on any atom is -0.473 e. The molecule has 2 aliphatic heterocycles. The Morgan fingerprint density at radius 1 is 1.10 bits per heavy atom. The Kier molecular flexibility index (Phi) is 9.69. The SMILES string of the molecule is CN1CCN(c2ccc(C(=O)NC(=N)c3nc(OCc4cc(Cl)ccc4Cl)ccc3N)c(NC3CCOCC3)c2)CC1. The van der Waals surface area contributed by atoms with Gasteiger partial charge in [0, 0.05) is 78.5 Å². The van der Waals surface area contributed by atoms with Crippen LogP contribution in [0.2, 0.25) is 10.0 Å². The summed E-state index contributed by atoms with van der Waals surface area (Å²) >= 11 is 12.3. The van der Waals surface area contributed by atoms with Crippen molar-refractivity contribution in [1.29, 1.82) is 5.41 Å². The maximum atomic E-state index is 13.5. The number of rotatable bonds is 8. The number of amidine groups is 1. The molecule has 0 saturated carbocycles. The van der Waals surface area contributed by atoms with Crippen molar-refractivity contribution in [2.75, 3.05) is 62.4 Å². The van der Waals surface area contributed by atoms with Crippen LogP contribution in [0.25, 0.3) is 0 Å². The molecule has 1 amide bonds. The van der Waals surface area contributed by atoms with Crippen molar-refractivity contribution < 1.29 is 14.3 Å². The Balaban J connectivity index is 1.32. The first-order valence-electron chi connectivity index (χ1n) is 13.9. The molecule has 0 radical (unpaired) electrons. The first kappa shape index (κ1) is 29.9. The Morgan fingerprint density at radius 3 is 2.62 bits per heavy atom. The van der Waals surface area contributed by atoms with E-state index < -0.39 is 5.91 Å². The molecule has 2 fully saturated rings. The van der Waals surface area contributed by atoms with E-state index in [2.05, 4.69) is 32.5 Å². The molecule has 5 N–H and O–H groups in total. The highest BCUT2D eigenvalue weighted by atomic mass is 35.5. The fourth-order valence-corrected chi connectivity index (χ4v) is 5.32. The third-order valence-corrected chi connectivity index (χ3v) is 8.06. The zero-order chi connectivity index (χ0) is 29.6. The van der Waals surface area contributed by atoms with Gasteiger partial charge in [0.05, 0.1) is 11.3 Å². The van der Waals surface area contributed by atoms with Crippen molar-refractivity contribution in [2.45, 2.75) is 25.5 Å². The number of anilines is 3. The number of ether oxygens (including phenoxy) is 2. The highest BCUT2D eigenvalue weighted by Crippen LogP contribution is 2.28. The van der Waals surface area contributed by atoms with Crippen molar-refractivity contribution in [2.24, 2.45) is 0 Å². The molecule has 1 aromatic heterocycles. The molecule has 42 heavy (non-hydrogen) atoms. The maximum Gasteiger partial charge on any atom is 0.258 e. The number of nitrogens with two attached hydrogens (primary N) is 1. The topological polar surface area (TPSA) is 129 Å². The van der Waals surface area contributed by atoms with Gasteiger partial charge in [-0.3, -0.25) is 10.2 Å². The molecule has 3 aromatic rings. The van der Waals surface area contributed by atoms with Gasteiger partial charge in [-0.15, -0.1) is 0 Å². The summed E-state index contributed by atoms with van der Waals surface area (Å²) < 4.78 is 11.3. The quantitative estimate of drug-likeness (QED) is 0.214. The lowest BCUT2D eigenvalue weighted by molar-refractivity contribution is 0.0904. The van der Waals surface area contributed by atoms with Crippen LogP contribution in [0.5, 0.6) is 5.88 Å². The summed E-state index contributed by atoms with van der Waals surface area (Å²) in [5.41, 5.74) is 9.38. The smallest absolute Gasteiger partial charge is 0.258 e. The number of carbonyl (C=O) groups is 1. The number of aromatic nitrogens is 1. The minimum absolute atomic E-state index is 0.103. The largest absolute Gasteiger partial charge is 0.473 e. The molecule has 10 nitrogen and oxygen atoms in total. The van der Waals surface area contributed by atoms with Crippen molar-refractivity contribution in [3.63, 3.8) is 0 Å². The third-order valence-electron chi connectivity index (χ3n) is 7.46. The number of pyridine rings is 1. The molecule has 0 bridgehead atoms. The van der Waals surface area contributed by atoms with E-state index in [0.717, 1.165) is 50.4 Å². The van der Waals surface area contributed by atoms with Crippen LogP contribution in [0.4, 0.5) is 17.1 Å². The van der Waals surface area contributed by atoms with Gasteiger partial charge in [0.2, 0.25) is 5.88 Å². The molecule has 2 saturated heterocycles. The molecule has 2 aromatic carbocycles. The Labute approximate surface area is 255 Å². The average Bonchev–Trinajstić information content (AvgIpc) is 2.99. The van der Waals surface area contributed by atoms with Gasteiger partial charge in [-0.2, -0.15) is 0 Å². The molecular formula is C30H35Cl2N7O3. The van der Waals surface area contributed by atoms with E-state index >= 15 is 0 Å². The van der Waals surface area contributed by atoms with Crippen LogP contribution < -0.4 is 26.0 Å². The van der Waals surface area contributed by atoms with Gasteiger partial charge in [-0.25, -0.2) is 4.98 Å². The Bertz CT molecular complexity index is 1440. The Morgan fingerprint density at radius 2 is 1.86 bits per heavy atom. The summed E-state index contributed by atoms with van der Waals surface area (Å²) in [4.78, 5) is 22.5. The maximum absolute atomic E-state index is 13.5. The van der Waals surface area contributed by atoms with Crippen LogP contribution in [-0.4, -0.2) is 74.1 Å². The van der Waals surface area contributed by atoms with E-state index in [1.54, 1.807) is 30.3 Å². The first-order valence-corrected chi connectivity index (χ1v) is 14.7. The highest BCUT2D eigenvalue weighted by molar-refractivity contribution is 6.33. The number of nitrogens with zero attached hydrogens (tertiary/aromatic N) is 3. The molecule has 2 aliphatic rings. The van der Waals surface area contributed by atoms with Crippen molar-refractivity contribution >= 4 is 52.0 Å². The van der Waals surface area contributed by atoms with Gasteiger partial charge in [0.1, 0.15) is 12.3 Å². The van der Waals surface area contributed by atoms with E-state index in [1.165, 1.54) is 0 Å². The molecule has 12 heteroatoms. The lowest BCUT2D eigenvalue weighted by Gasteiger charge is -2.34. The lowest BCUT2D eigenvalue weighted by atomic mass is 10.1. The summed E-state index contributed by atoms with van der Waals surface area (Å²) in [5, 5.41) is 15.9. The summed E-state index contributed by atoms with van der Waals surface area (Å²) in [6, 6.07) is 14.3. The fraction of sp³-hybridized carbons (Fsp3) is 0.367. The molecule has 0 atom stereocenters. The standard InChI is InChI=1S/C30H35Cl2N7O3/c1-38-10-12-39(13-11-38)22-3-4-23(26(17-22)35-21-8-14-41-15-9-21)30(40)37-29(34)28-25(33)6-7-27(36-28)42-18-19-16-20(31)2-5-24(19)32/h2-7,16-17,21,35H,8-15,18,33H2,1H3,(H2,34,37,40). The number of benzene rings is 2. The summed E-state index contributed by atoms with van der Waals surface area (Å²) in [7, 11) is 2.12. The van der Waals surface area contributed by atoms with Crippen LogP contribution in [0.15, 0.2) is 48.5 Å². The van der Waals surface area contributed by atoms with Crippen molar-refractivity contribution in [3.05, 3.63) is 75.4 Å². The summed E-state index contributed by atoms with van der Waals surface area (Å²) in [6.45, 7) is 5.25. The van der Waals surface area contributed by atoms with Gasteiger partial charge in [-0.05, 0) is 62.4 Å². The number of amides is 1. The number of hydrogen-bond donors (Lipinski definition) is 4. The summed E-state index contributed by atoms with van der Waals surface area (Å²) in [5.74, 6) is -0.436. The second-order valence-corrected chi connectivity index (χ2v) is 11.3. The van der Waals surface area contributed by atoms with Gasteiger partial charge in [0.25, 0.3) is 5.91 Å². The number of nitrogen functional groups attached to an aromatic ring is 1. The van der Waals surface area contributed by atoms with Crippen LogP contribution >= 0.6 is 23.2 Å². The molecular weight excluding hydrogens is 577 g/mol. The number of hydrogen-bond acceptors (Lipinski definition) is 9. The van der Waals surface area contributed by atoms with Crippen LogP contribution in [-0.2, 0) is 11.3 Å². The molecule has 5 rings (SSSR count). The third kappa shape index (κ3) is 7.43. The predicted molar refractivity (Wildman–Crippen MR) is 167 cm³/mol. The van der Waals surface area contributed by atoms with Gasteiger partial charge in [0.15, 0.2) is 5.84 Å². The highest BCUT2D eigenvalue weighted by Gasteiger charge is 2.22. The van der Waals surface area contributed by atoms with Gasteiger partial charge < -0.3 is 35.6 Å². The van der Waals surface area contributed by atoms with Crippen LogP contribution in [0.1, 0.15) is 34.5 Å². The van der Waals surface area contributed by atoms with E-state index in [-0.39, 0.29) is 35.7 Å². The Hall–Kier alpha value is -3.57. The number of halogens is 2. The average molecular weight is 613 g/mol. The molecule has 0 unspecified atom stereocenters. The number of likely N-dealkylation sites (N-methyl/N-ethyl adjacent to an activating group) is 1. The zero-order valence-electron chi connectivity index (χ0n) is 23.5. The molecule has 0 aliphatic carbocycles. The van der Waals surface area contributed by atoms with E-state index in [4.69, 9.17) is 43.8 Å². The molecule has 222 valence electrons. The predicted octanol–water partition coefficient (Wildman–Crippen LogP) is 4.65. The fourth-order valence-electron chi connectivity index (χ4n) is 4.95. The zero-order valence-corrected chi connectivity index (χ0v) is 25.0. The normalized spacial score (nSPS) is 16.2. The number of piperazine rings is 1. The minimum atomic E-state index is -0.433. The van der Waals surface area contributed by atoms with Crippen LogP contribution in [0.3, 0.4) is 0 Å². The van der Waals surface area contributed by atoms with E-state index in [0.29, 0.717) is 34.4 Å². The van der Waals surface area contributed by atoms with Crippen molar-refractivity contribution in [1.82, 2.24) is 15.2 Å². The molecule has 0 spiro atoms. The summed E-state index contributed by atoms with van der Waals surface area (Å²) in [6.07, 6.45) is 1.70. The molecule has 3 heterocycles. The van der Waals surface area contributed by atoms with E-state index in [1.807, 2.05) is 18.2 Å². The van der Waals surface area contributed by atoms with Gasteiger partial charge >= 0.3 is 0 Å². The second-order valence-electron chi connectivity index (χ2n) is 10.5. The second kappa shape index (κ2) is 13.6. The first-order chi connectivity index (χ1) is 20.3.